The van der Waals surface area contributed by atoms with Crippen LogP contribution < -0.4 is 10.9 Å². The molecule has 23 heavy (non-hydrogen) atoms. The molecule has 1 N–H and O–H groups in total. The Morgan fingerprint density at radius 3 is 2.52 bits per heavy atom. The molecular weight excluding hydrogens is 312 g/mol. The second-order valence-corrected chi connectivity index (χ2v) is 6.03. The van der Waals surface area contributed by atoms with Crippen molar-refractivity contribution in [1.29, 1.82) is 0 Å². The maximum absolute atomic E-state index is 12.1. The molecule has 0 aliphatic heterocycles. The van der Waals surface area contributed by atoms with Crippen LogP contribution in [0, 0.1) is 6.92 Å². The third-order valence-corrected chi connectivity index (χ3v) is 4.02. The summed E-state index contributed by atoms with van der Waals surface area (Å²) in [5, 5.41) is 9.68. The molecule has 0 spiro atoms. The van der Waals surface area contributed by atoms with Crippen molar-refractivity contribution in [3.05, 3.63) is 62.8 Å². The predicted molar refractivity (Wildman–Crippen MR) is 89.7 cm³/mol. The standard InChI is InChI=1S/C16H14N4O2S/c1-10-17-14(9-23-10)11-3-5-12(6-4-11)18-16(22)13-7-8-15(21)20(2)19-13/h3-9H,1-2H3,(H,18,22). The Morgan fingerprint density at radius 2 is 1.91 bits per heavy atom. The number of hydrogen-bond acceptors (Lipinski definition) is 5. The van der Waals surface area contributed by atoms with E-state index in [0.717, 1.165) is 20.9 Å². The molecule has 0 fully saturated rings. The lowest BCUT2D eigenvalue weighted by molar-refractivity contribution is 0.102. The van der Waals surface area contributed by atoms with E-state index in [4.69, 9.17) is 0 Å². The SMILES string of the molecule is Cc1nc(-c2ccc(NC(=O)c3ccc(=O)n(C)n3)cc2)cs1. The fraction of sp³-hybridized carbons (Fsp3) is 0.125. The van der Waals surface area contributed by atoms with Gasteiger partial charge in [-0.05, 0) is 25.1 Å². The van der Waals surface area contributed by atoms with Crippen LogP contribution >= 0.6 is 11.3 Å². The first-order valence-corrected chi connectivity index (χ1v) is 7.79. The lowest BCUT2D eigenvalue weighted by Crippen LogP contribution is -2.23. The number of aromatic nitrogens is 3. The number of aryl methyl sites for hydroxylation is 2. The summed E-state index contributed by atoms with van der Waals surface area (Å²) in [5.41, 5.74) is 2.50. The van der Waals surface area contributed by atoms with Gasteiger partial charge in [0.05, 0.1) is 10.7 Å². The summed E-state index contributed by atoms with van der Waals surface area (Å²) in [5.74, 6) is -0.363. The molecule has 0 aliphatic rings. The number of rotatable bonds is 3. The minimum atomic E-state index is -0.363. The van der Waals surface area contributed by atoms with Gasteiger partial charge in [-0.2, -0.15) is 5.10 Å². The van der Waals surface area contributed by atoms with E-state index in [1.807, 2.05) is 36.6 Å². The second-order valence-electron chi connectivity index (χ2n) is 4.96. The Labute approximate surface area is 136 Å². The molecule has 0 aliphatic carbocycles. The molecule has 3 rings (SSSR count). The Hall–Kier alpha value is -2.80. The van der Waals surface area contributed by atoms with Gasteiger partial charge in [0.1, 0.15) is 5.69 Å². The first-order valence-electron chi connectivity index (χ1n) is 6.91. The molecule has 0 atom stereocenters. The number of nitrogens with one attached hydrogen (secondary N) is 1. The van der Waals surface area contributed by atoms with Crippen LogP contribution in [0.15, 0.2) is 46.6 Å². The van der Waals surface area contributed by atoms with Crippen molar-refractivity contribution in [3.63, 3.8) is 0 Å². The van der Waals surface area contributed by atoms with Gasteiger partial charge in [-0.15, -0.1) is 11.3 Å². The minimum absolute atomic E-state index is 0.186. The molecule has 3 aromatic rings. The molecule has 0 radical (unpaired) electrons. The third-order valence-electron chi connectivity index (χ3n) is 3.25. The summed E-state index contributed by atoms with van der Waals surface area (Å²) in [6.07, 6.45) is 0. The normalized spacial score (nSPS) is 10.5. The lowest BCUT2D eigenvalue weighted by atomic mass is 10.1. The first kappa shape index (κ1) is 15.1. The van der Waals surface area contributed by atoms with Crippen molar-refractivity contribution < 1.29 is 4.79 Å². The summed E-state index contributed by atoms with van der Waals surface area (Å²) in [4.78, 5) is 27.9. The fourth-order valence-electron chi connectivity index (χ4n) is 2.04. The molecule has 2 aromatic heterocycles. The van der Waals surface area contributed by atoms with E-state index in [0.29, 0.717) is 5.69 Å². The van der Waals surface area contributed by atoms with Crippen molar-refractivity contribution in [3.8, 4) is 11.3 Å². The van der Waals surface area contributed by atoms with Gasteiger partial charge in [0.2, 0.25) is 0 Å². The molecule has 116 valence electrons. The zero-order valence-corrected chi connectivity index (χ0v) is 13.4. The highest BCUT2D eigenvalue weighted by atomic mass is 32.1. The van der Waals surface area contributed by atoms with E-state index in [1.165, 1.54) is 19.2 Å². The summed E-state index contributed by atoms with van der Waals surface area (Å²) < 4.78 is 1.13. The van der Waals surface area contributed by atoms with Crippen molar-refractivity contribution >= 4 is 22.9 Å². The van der Waals surface area contributed by atoms with Crippen LogP contribution in [0.25, 0.3) is 11.3 Å². The number of hydrogen-bond donors (Lipinski definition) is 1. The molecule has 6 nitrogen and oxygen atoms in total. The summed E-state index contributed by atoms with van der Waals surface area (Å²) in [7, 11) is 1.50. The number of benzene rings is 1. The zero-order valence-electron chi connectivity index (χ0n) is 12.6. The Bertz CT molecular complexity index is 912. The fourth-order valence-corrected chi connectivity index (χ4v) is 2.66. The van der Waals surface area contributed by atoms with Gasteiger partial charge in [0.25, 0.3) is 11.5 Å². The van der Waals surface area contributed by atoms with Crippen molar-refractivity contribution in [2.45, 2.75) is 6.92 Å². The maximum atomic E-state index is 12.1. The second kappa shape index (κ2) is 6.13. The molecule has 1 amide bonds. The number of anilines is 1. The van der Waals surface area contributed by atoms with Crippen LogP contribution in [0.2, 0.25) is 0 Å². The predicted octanol–water partition coefficient (Wildman–Crippen LogP) is 2.46. The average Bonchev–Trinajstić information content (AvgIpc) is 2.97. The number of thiazole rings is 1. The minimum Gasteiger partial charge on any atom is -0.321 e. The number of carbonyl (C=O) groups excluding carboxylic acids is 1. The van der Waals surface area contributed by atoms with E-state index < -0.39 is 0 Å². The van der Waals surface area contributed by atoms with Gasteiger partial charge >= 0.3 is 0 Å². The summed E-state index contributed by atoms with van der Waals surface area (Å²) in [6, 6.07) is 10.1. The Kier molecular flexibility index (Phi) is 4.03. The van der Waals surface area contributed by atoms with Crippen LogP contribution in [-0.2, 0) is 7.05 Å². The van der Waals surface area contributed by atoms with Crippen molar-refractivity contribution in [1.82, 2.24) is 14.8 Å². The van der Waals surface area contributed by atoms with E-state index in [1.54, 1.807) is 11.3 Å². The van der Waals surface area contributed by atoms with E-state index in [9.17, 15) is 9.59 Å². The molecule has 0 saturated carbocycles. The van der Waals surface area contributed by atoms with Crippen LogP contribution in [0.1, 0.15) is 15.5 Å². The average molecular weight is 326 g/mol. The molecule has 0 bridgehead atoms. The number of carbonyl (C=O) groups is 1. The number of nitrogens with zero attached hydrogens (tertiary/aromatic N) is 3. The van der Waals surface area contributed by atoms with Crippen LogP contribution in [-0.4, -0.2) is 20.7 Å². The van der Waals surface area contributed by atoms with Gasteiger partial charge < -0.3 is 5.32 Å². The van der Waals surface area contributed by atoms with E-state index in [-0.39, 0.29) is 17.2 Å². The highest BCUT2D eigenvalue weighted by molar-refractivity contribution is 7.09. The summed E-state index contributed by atoms with van der Waals surface area (Å²) >= 11 is 1.60. The highest BCUT2D eigenvalue weighted by Crippen LogP contribution is 2.23. The zero-order chi connectivity index (χ0) is 16.4. The number of amides is 1. The molecule has 1 aromatic carbocycles. The topological polar surface area (TPSA) is 76.9 Å². The highest BCUT2D eigenvalue weighted by Gasteiger charge is 2.09. The summed E-state index contributed by atoms with van der Waals surface area (Å²) in [6.45, 7) is 1.96. The first-order chi connectivity index (χ1) is 11.0. The van der Waals surface area contributed by atoms with Gasteiger partial charge in [-0.25, -0.2) is 9.67 Å². The quantitative estimate of drug-likeness (QED) is 0.802. The van der Waals surface area contributed by atoms with Gasteiger partial charge in [-0.1, -0.05) is 12.1 Å². The van der Waals surface area contributed by atoms with Crippen molar-refractivity contribution in [2.75, 3.05) is 5.32 Å². The monoisotopic (exact) mass is 326 g/mol. The smallest absolute Gasteiger partial charge is 0.276 e. The van der Waals surface area contributed by atoms with Gasteiger partial charge in [0.15, 0.2) is 0 Å². The molecule has 0 saturated heterocycles. The van der Waals surface area contributed by atoms with E-state index >= 15 is 0 Å². The molecule has 2 heterocycles. The Morgan fingerprint density at radius 1 is 1.17 bits per heavy atom. The van der Waals surface area contributed by atoms with Crippen LogP contribution in [0.3, 0.4) is 0 Å². The van der Waals surface area contributed by atoms with Gasteiger partial charge in [-0.3, -0.25) is 9.59 Å². The third kappa shape index (κ3) is 3.35. The lowest BCUT2D eigenvalue weighted by Gasteiger charge is -2.06. The van der Waals surface area contributed by atoms with Crippen LogP contribution in [0.4, 0.5) is 5.69 Å². The van der Waals surface area contributed by atoms with Crippen molar-refractivity contribution in [2.24, 2.45) is 7.05 Å². The Balaban J connectivity index is 1.76. The molecular formula is C16H14N4O2S. The molecule has 7 heteroatoms. The largest absolute Gasteiger partial charge is 0.321 e. The van der Waals surface area contributed by atoms with E-state index in [2.05, 4.69) is 15.4 Å². The van der Waals surface area contributed by atoms with Crippen LogP contribution in [0.5, 0.6) is 0 Å². The maximum Gasteiger partial charge on any atom is 0.276 e. The molecule has 0 unspecified atom stereocenters. The van der Waals surface area contributed by atoms with Gasteiger partial charge in [0, 0.05) is 29.7 Å².